The first-order valence-corrected chi connectivity index (χ1v) is 7.70. The Morgan fingerprint density at radius 1 is 1.30 bits per heavy atom. The minimum absolute atomic E-state index is 0.0515. The predicted molar refractivity (Wildman–Crippen MR) is 82.6 cm³/mol. The van der Waals surface area contributed by atoms with Crippen LogP contribution in [0.4, 0.5) is 0 Å². The summed E-state index contributed by atoms with van der Waals surface area (Å²) in [6, 6.07) is 8.12. The molecular formula is C17H26N2O. The Kier molecular flexibility index (Phi) is 5.18. The SMILES string of the molecule is CC1CCC(NC(=O)c2cccc(CCN)c2)CC1C. The molecule has 1 amide bonds. The van der Waals surface area contributed by atoms with Crippen molar-refractivity contribution in [2.75, 3.05) is 6.54 Å². The smallest absolute Gasteiger partial charge is 0.251 e. The topological polar surface area (TPSA) is 55.1 Å². The molecule has 1 aromatic rings. The van der Waals surface area contributed by atoms with Gasteiger partial charge in [-0.15, -0.1) is 0 Å². The molecule has 0 bridgehead atoms. The number of rotatable bonds is 4. The van der Waals surface area contributed by atoms with E-state index in [0.29, 0.717) is 18.5 Å². The lowest BCUT2D eigenvalue weighted by molar-refractivity contribution is 0.0910. The van der Waals surface area contributed by atoms with Gasteiger partial charge in [-0.25, -0.2) is 0 Å². The minimum Gasteiger partial charge on any atom is -0.349 e. The lowest BCUT2D eigenvalue weighted by Crippen LogP contribution is -2.39. The van der Waals surface area contributed by atoms with E-state index in [0.717, 1.165) is 36.3 Å². The molecule has 1 saturated carbocycles. The first-order chi connectivity index (χ1) is 9.60. The zero-order chi connectivity index (χ0) is 14.5. The van der Waals surface area contributed by atoms with E-state index in [1.807, 2.05) is 24.3 Å². The van der Waals surface area contributed by atoms with Gasteiger partial charge in [0.2, 0.25) is 0 Å². The van der Waals surface area contributed by atoms with Crippen LogP contribution in [0.3, 0.4) is 0 Å². The van der Waals surface area contributed by atoms with Crippen molar-refractivity contribution >= 4 is 5.91 Å². The molecule has 3 atom stereocenters. The van der Waals surface area contributed by atoms with Gasteiger partial charge in [-0.1, -0.05) is 26.0 Å². The van der Waals surface area contributed by atoms with Crippen molar-refractivity contribution < 1.29 is 4.79 Å². The second kappa shape index (κ2) is 6.89. The fraction of sp³-hybridized carbons (Fsp3) is 0.588. The average Bonchev–Trinajstić information content (AvgIpc) is 2.43. The van der Waals surface area contributed by atoms with Gasteiger partial charge in [-0.2, -0.15) is 0 Å². The van der Waals surface area contributed by atoms with Gasteiger partial charge in [0.15, 0.2) is 0 Å². The van der Waals surface area contributed by atoms with Gasteiger partial charge >= 0.3 is 0 Å². The van der Waals surface area contributed by atoms with Crippen LogP contribution in [0.2, 0.25) is 0 Å². The molecule has 0 radical (unpaired) electrons. The number of carbonyl (C=O) groups is 1. The summed E-state index contributed by atoms with van der Waals surface area (Å²) in [5, 5.41) is 3.19. The van der Waals surface area contributed by atoms with Crippen molar-refractivity contribution in [1.82, 2.24) is 5.32 Å². The van der Waals surface area contributed by atoms with Crippen LogP contribution in [0.5, 0.6) is 0 Å². The van der Waals surface area contributed by atoms with Crippen molar-refractivity contribution in [2.24, 2.45) is 17.6 Å². The third-order valence-corrected chi connectivity index (χ3v) is 4.56. The van der Waals surface area contributed by atoms with Crippen molar-refractivity contribution in [3.63, 3.8) is 0 Å². The van der Waals surface area contributed by atoms with Gasteiger partial charge < -0.3 is 11.1 Å². The van der Waals surface area contributed by atoms with Crippen molar-refractivity contribution in [2.45, 2.75) is 45.6 Å². The van der Waals surface area contributed by atoms with Crippen molar-refractivity contribution in [1.29, 1.82) is 0 Å². The van der Waals surface area contributed by atoms with Crippen LogP contribution in [-0.2, 0) is 6.42 Å². The Labute approximate surface area is 121 Å². The standard InChI is InChI=1S/C17H26N2O/c1-12-6-7-16(10-13(12)2)19-17(20)15-5-3-4-14(11-15)8-9-18/h3-5,11-13,16H,6-10,18H2,1-2H3,(H,19,20). The molecule has 3 heteroatoms. The Morgan fingerprint density at radius 2 is 2.10 bits per heavy atom. The van der Waals surface area contributed by atoms with E-state index < -0.39 is 0 Å². The maximum atomic E-state index is 12.3. The van der Waals surface area contributed by atoms with Crippen LogP contribution in [-0.4, -0.2) is 18.5 Å². The molecule has 0 saturated heterocycles. The lowest BCUT2D eigenvalue weighted by atomic mass is 9.79. The van der Waals surface area contributed by atoms with Crippen LogP contribution in [0.1, 0.15) is 49.0 Å². The van der Waals surface area contributed by atoms with E-state index in [-0.39, 0.29) is 5.91 Å². The van der Waals surface area contributed by atoms with Crippen LogP contribution >= 0.6 is 0 Å². The summed E-state index contributed by atoms with van der Waals surface area (Å²) in [5.41, 5.74) is 7.45. The van der Waals surface area contributed by atoms with E-state index in [4.69, 9.17) is 5.73 Å². The molecule has 0 spiro atoms. The summed E-state index contributed by atoms with van der Waals surface area (Å²) in [6.45, 7) is 5.20. The molecule has 2 rings (SSSR count). The van der Waals surface area contributed by atoms with Gasteiger partial charge in [0.25, 0.3) is 5.91 Å². The van der Waals surface area contributed by atoms with Crippen molar-refractivity contribution in [3.8, 4) is 0 Å². The molecule has 0 aromatic heterocycles. The van der Waals surface area contributed by atoms with Gasteiger partial charge in [0.1, 0.15) is 0 Å². The predicted octanol–water partition coefficient (Wildman–Crippen LogP) is 2.74. The first-order valence-electron chi connectivity index (χ1n) is 7.70. The van der Waals surface area contributed by atoms with E-state index in [2.05, 4.69) is 19.2 Å². The molecule has 3 nitrogen and oxygen atoms in total. The zero-order valence-corrected chi connectivity index (χ0v) is 12.6. The third kappa shape index (κ3) is 3.83. The number of nitrogens with two attached hydrogens (primary N) is 1. The van der Waals surface area contributed by atoms with Gasteiger partial charge in [-0.3, -0.25) is 4.79 Å². The quantitative estimate of drug-likeness (QED) is 0.887. The monoisotopic (exact) mass is 274 g/mol. The normalized spacial score (nSPS) is 26.2. The molecule has 1 aromatic carbocycles. The number of hydrogen-bond donors (Lipinski definition) is 2. The number of carbonyl (C=O) groups excluding carboxylic acids is 1. The minimum atomic E-state index is 0.0515. The highest BCUT2D eigenvalue weighted by atomic mass is 16.1. The fourth-order valence-corrected chi connectivity index (χ4v) is 2.98. The highest BCUT2D eigenvalue weighted by molar-refractivity contribution is 5.94. The maximum Gasteiger partial charge on any atom is 0.251 e. The summed E-state index contributed by atoms with van der Waals surface area (Å²) in [7, 11) is 0. The largest absolute Gasteiger partial charge is 0.349 e. The summed E-state index contributed by atoms with van der Waals surface area (Å²) in [4.78, 5) is 12.3. The summed E-state index contributed by atoms with van der Waals surface area (Å²) in [5.74, 6) is 1.52. The third-order valence-electron chi connectivity index (χ3n) is 4.56. The van der Waals surface area contributed by atoms with E-state index in [1.165, 1.54) is 6.42 Å². The molecule has 0 heterocycles. The Hall–Kier alpha value is -1.35. The highest BCUT2D eigenvalue weighted by Crippen LogP contribution is 2.29. The average molecular weight is 274 g/mol. The summed E-state index contributed by atoms with van der Waals surface area (Å²) in [6.07, 6.45) is 4.22. The molecule has 3 unspecified atom stereocenters. The van der Waals surface area contributed by atoms with Gasteiger partial charge in [0.05, 0.1) is 0 Å². The Morgan fingerprint density at radius 3 is 2.80 bits per heavy atom. The maximum absolute atomic E-state index is 12.3. The number of amides is 1. The number of nitrogens with one attached hydrogen (secondary N) is 1. The van der Waals surface area contributed by atoms with Crippen LogP contribution in [0.25, 0.3) is 0 Å². The molecule has 1 aliphatic carbocycles. The second-order valence-corrected chi connectivity index (χ2v) is 6.18. The molecular weight excluding hydrogens is 248 g/mol. The second-order valence-electron chi connectivity index (χ2n) is 6.18. The zero-order valence-electron chi connectivity index (χ0n) is 12.6. The van der Waals surface area contributed by atoms with Gasteiger partial charge in [-0.05, 0) is 61.8 Å². The van der Waals surface area contributed by atoms with E-state index in [9.17, 15) is 4.79 Å². The molecule has 20 heavy (non-hydrogen) atoms. The summed E-state index contributed by atoms with van der Waals surface area (Å²) >= 11 is 0. The van der Waals surface area contributed by atoms with Crippen LogP contribution < -0.4 is 11.1 Å². The number of benzene rings is 1. The molecule has 3 N–H and O–H groups in total. The fourth-order valence-electron chi connectivity index (χ4n) is 2.98. The van der Waals surface area contributed by atoms with Crippen molar-refractivity contribution in [3.05, 3.63) is 35.4 Å². The van der Waals surface area contributed by atoms with Crippen LogP contribution in [0.15, 0.2) is 24.3 Å². The molecule has 1 aliphatic rings. The Balaban J connectivity index is 1.96. The summed E-state index contributed by atoms with van der Waals surface area (Å²) < 4.78 is 0. The number of hydrogen-bond acceptors (Lipinski definition) is 2. The Bertz CT molecular complexity index is 458. The van der Waals surface area contributed by atoms with Crippen LogP contribution in [0, 0.1) is 11.8 Å². The van der Waals surface area contributed by atoms with Gasteiger partial charge in [0, 0.05) is 11.6 Å². The first kappa shape index (κ1) is 15.0. The molecule has 110 valence electrons. The van der Waals surface area contributed by atoms with E-state index in [1.54, 1.807) is 0 Å². The highest BCUT2D eigenvalue weighted by Gasteiger charge is 2.25. The molecule has 0 aliphatic heterocycles. The lowest BCUT2D eigenvalue weighted by Gasteiger charge is -2.32. The molecule has 1 fully saturated rings. The van der Waals surface area contributed by atoms with E-state index >= 15 is 0 Å².